The highest BCUT2D eigenvalue weighted by Crippen LogP contribution is 2.20. The fraction of sp³-hybridized carbons (Fsp3) is 0.556. The summed E-state index contributed by atoms with van der Waals surface area (Å²) in [5.41, 5.74) is -0.188. The zero-order chi connectivity index (χ0) is 17.6. The second-order valence-corrected chi connectivity index (χ2v) is 6.14. The normalized spacial score (nSPS) is 16.5. The lowest BCUT2D eigenvalue weighted by atomic mass is 10.0. The zero-order valence-corrected chi connectivity index (χ0v) is 14.6. The number of hydrogen-bond acceptors (Lipinski definition) is 4. The Morgan fingerprint density at radius 2 is 1.83 bits per heavy atom. The molecule has 1 atom stereocenters. The number of likely N-dealkylation sites (tertiary alicyclic amines) is 1. The molecule has 1 saturated heterocycles. The average molecular weight is 334 g/mol. The first kappa shape index (κ1) is 18.3. The molecule has 132 valence electrons. The van der Waals surface area contributed by atoms with Crippen molar-refractivity contribution in [2.75, 3.05) is 32.1 Å². The van der Waals surface area contributed by atoms with Crippen LogP contribution < -0.4 is 10.1 Å². The number of rotatable bonds is 7. The van der Waals surface area contributed by atoms with Crippen molar-refractivity contribution in [3.63, 3.8) is 0 Å². The smallest absolute Gasteiger partial charge is 0.260 e. The van der Waals surface area contributed by atoms with E-state index in [1.54, 1.807) is 31.2 Å². The van der Waals surface area contributed by atoms with E-state index in [4.69, 9.17) is 9.47 Å². The third kappa shape index (κ3) is 4.47. The van der Waals surface area contributed by atoms with Crippen molar-refractivity contribution in [3.05, 3.63) is 24.3 Å². The molecule has 1 N–H and O–H groups in total. The van der Waals surface area contributed by atoms with Gasteiger partial charge in [-0.3, -0.25) is 9.59 Å². The predicted octanol–water partition coefficient (Wildman–Crippen LogP) is 2.44. The Bertz CT molecular complexity index is 561. The van der Waals surface area contributed by atoms with Crippen LogP contribution in [-0.2, 0) is 14.3 Å². The van der Waals surface area contributed by atoms with Gasteiger partial charge in [0.15, 0.2) is 6.61 Å². The second kappa shape index (κ2) is 8.15. The maximum atomic E-state index is 12.2. The number of methoxy groups -OCH3 is 1. The molecule has 0 aliphatic carbocycles. The van der Waals surface area contributed by atoms with Gasteiger partial charge in [0.25, 0.3) is 11.8 Å². The van der Waals surface area contributed by atoms with Crippen LogP contribution in [0, 0.1) is 0 Å². The number of ether oxygens (including phenoxy) is 2. The largest absolute Gasteiger partial charge is 0.484 e. The van der Waals surface area contributed by atoms with E-state index >= 15 is 0 Å². The van der Waals surface area contributed by atoms with E-state index in [2.05, 4.69) is 5.32 Å². The van der Waals surface area contributed by atoms with Crippen LogP contribution in [-0.4, -0.2) is 49.1 Å². The molecular weight excluding hydrogens is 308 g/mol. The number of nitrogens with one attached hydrogen (secondary N) is 1. The lowest BCUT2D eigenvalue weighted by molar-refractivity contribution is -0.136. The fourth-order valence-electron chi connectivity index (χ4n) is 2.50. The number of hydrogen-bond donors (Lipinski definition) is 1. The van der Waals surface area contributed by atoms with Gasteiger partial charge in [-0.1, -0.05) is 6.92 Å². The highest BCUT2D eigenvalue weighted by atomic mass is 16.5. The van der Waals surface area contributed by atoms with Gasteiger partial charge >= 0.3 is 0 Å². The molecule has 1 heterocycles. The van der Waals surface area contributed by atoms with Crippen LogP contribution in [0.3, 0.4) is 0 Å². The van der Waals surface area contributed by atoms with Crippen molar-refractivity contribution >= 4 is 17.5 Å². The Morgan fingerprint density at radius 3 is 2.38 bits per heavy atom. The van der Waals surface area contributed by atoms with E-state index in [1.165, 1.54) is 7.11 Å². The van der Waals surface area contributed by atoms with E-state index in [1.807, 2.05) is 11.8 Å². The number of carbonyl (C=O) groups excluding carboxylic acids is 2. The molecule has 24 heavy (non-hydrogen) atoms. The summed E-state index contributed by atoms with van der Waals surface area (Å²) >= 11 is 0. The Labute approximate surface area is 143 Å². The van der Waals surface area contributed by atoms with Gasteiger partial charge in [0.1, 0.15) is 11.4 Å². The van der Waals surface area contributed by atoms with Crippen LogP contribution >= 0.6 is 0 Å². The van der Waals surface area contributed by atoms with Crippen LogP contribution in [0.1, 0.15) is 33.1 Å². The molecule has 0 spiro atoms. The van der Waals surface area contributed by atoms with Crippen molar-refractivity contribution in [1.82, 2.24) is 4.90 Å². The van der Waals surface area contributed by atoms with E-state index in [9.17, 15) is 9.59 Å². The molecule has 1 aliphatic heterocycles. The first-order chi connectivity index (χ1) is 11.5. The Balaban J connectivity index is 1.86. The maximum absolute atomic E-state index is 12.2. The molecule has 1 aromatic carbocycles. The molecule has 1 aliphatic rings. The third-order valence-electron chi connectivity index (χ3n) is 4.54. The molecule has 6 nitrogen and oxygen atoms in total. The third-order valence-corrected chi connectivity index (χ3v) is 4.54. The summed E-state index contributed by atoms with van der Waals surface area (Å²) in [6, 6.07) is 6.98. The zero-order valence-electron chi connectivity index (χ0n) is 14.6. The van der Waals surface area contributed by atoms with Crippen LogP contribution in [0.25, 0.3) is 0 Å². The van der Waals surface area contributed by atoms with Crippen LogP contribution in [0.4, 0.5) is 5.69 Å². The highest BCUT2D eigenvalue weighted by molar-refractivity contribution is 5.97. The van der Waals surface area contributed by atoms with Gasteiger partial charge in [0.2, 0.25) is 0 Å². The topological polar surface area (TPSA) is 67.9 Å². The number of benzene rings is 1. The molecule has 0 radical (unpaired) electrons. The average Bonchev–Trinajstić information content (AvgIpc) is 3.14. The highest BCUT2D eigenvalue weighted by Gasteiger charge is 2.30. The molecule has 0 saturated carbocycles. The molecule has 1 fully saturated rings. The standard InChI is InChI=1S/C18H26N2O4/c1-4-18(2,23-3)17(22)19-14-7-9-15(10-8-14)24-13-16(21)20-11-5-6-12-20/h7-10H,4-6,11-13H2,1-3H3,(H,19,22). The van der Waals surface area contributed by atoms with Gasteiger partial charge in [-0.2, -0.15) is 0 Å². The van der Waals surface area contributed by atoms with Crippen molar-refractivity contribution in [1.29, 1.82) is 0 Å². The van der Waals surface area contributed by atoms with Crippen LogP contribution in [0.5, 0.6) is 5.75 Å². The van der Waals surface area contributed by atoms with Crippen LogP contribution in [0.2, 0.25) is 0 Å². The SMILES string of the molecule is CCC(C)(OC)C(=O)Nc1ccc(OCC(=O)N2CCCC2)cc1. The minimum atomic E-state index is -0.850. The number of amides is 2. The lowest BCUT2D eigenvalue weighted by Crippen LogP contribution is -2.41. The van der Waals surface area contributed by atoms with Gasteiger partial charge in [0, 0.05) is 25.9 Å². The molecular formula is C18H26N2O4. The minimum absolute atomic E-state index is 0.0173. The van der Waals surface area contributed by atoms with E-state index in [0.717, 1.165) is 25.9 Å². The van der Waals surface area contributed by atoms with Gasteiger partial charge in [-0.15, -0.1) is 0 Å². The van der Waals surface area contributed by atoms with Gasteiger partial charge in [-0.05, 0) is 50.5 Å². The second-order valence-electron chi connectivity index (χ2n) is 6.14. The van der Waals surface area contributed by atoms with Gasteiger partial charge < -0.3 is 19.7 Å². The fourth-order valence-corrected chi connectivity index (χ4v) is 2.50. The molecule has 2 amide bonds. The van der Waals surface area contributed by atoms with E-state index < -0.39 is 5.60 Å². The molecule has 1 aromatic rings. The number of anilines is 1. The maximum Gasteiger partial charge on any atom is 0.260 e. The molecule has 6 heteroatoms. The van der Waals surface area contributed by atoms with Crippen molar-refractivity contribution in [2.45, 2.75) is 38.7 Å². The van der Waals surface area contributed by atoms with Crippen molar-refractivity contribution < 1.29 is 19.1 Å². The Morgan fingerprint density at radius 1 is 1.21 bits per heavy atom. The summed E-state index contributed by atoms with van der Waals surface area (Å²) in [6.45, 7) is 5.34. The summed E-state index contributed by atoms with van der Waals surface area (Å²) in [4.78, 5) is 26.0. The van der Waals surface area contributed by atoms with Gasteiger partial charge in [0.05, 0.1) is 0 Å². The first-order valence-electron chi connectivity index (χ1n) is 8.36. The quantitative estimate of drug-likeness (QED) is 0.832. The molecule has 0 bridgehead atoms. The summed E-state index contributed by atoms with van der Waals surface area (Å²) in [5, 5.41) is 2.83. The Hall–Kier alpha value is -2.08. The van der Waals surface area contributed by atoms with E-state index in [-0.39, 0.29) is 18.4 Å². The van der Waals surface area contributed by atoms with Crippen LogP contribution in [0.15, 0.2) is 24.3 Å². The predicted molar refractivity (Wildman–Crippen MR) is 92.1 cm³/mol. The van der Waals surface area contributed by atoms with Gasteiger partial charge in [-0.25, -0.2) is 0 Å². The summed E-state index contributed by atoms with van der Waals surface area (Å²) in [6.07, 6.45) is 2.71. The van der Waals surface area contributed by atoms with Crippen molar-refractivity contribution in [3.8, 4) is 5.75 Å². The number of nitrogens with zero attached hydrogens (tertiary/aromatic N) is 1. The number of carbonyl (C=O) groups is 2. The minimum Gasteiger partial charge on any atom is -0.484 e. The lowest BCUT2D eigenvalue weighted by Gasteiger charge is -2.25. The monoisotopic (exact) mass is 334 g/mol. The summed E-state index contributed by atoms with van der Waals surface area (Å²) < 4.78 is 10.8. The first-order valence-corrected chi connectivity index (χ1v) is 8.36. The Kier molecular flexibility index (Phi) is 6.20. The molecule has 1 unspecified atom stereocenters. The summed E-state index contributed by atoms with van der Waals surface area (Å²) in [7, 11) is 1.53. The van der Waals surface area contributed by atoms with Crippen molar-refractivity contribution in [2.24, 2.45) is 0 Å². The van der Waals surface area contributed by atoms with E-state index in [0.29, 0.717) is 17.9 Å². The molecule has 2 rings (SSSR count). The summed E-state index contributed by atoms with van der Waals surface area (Å²) in [5.74, 6) is 0.430. The molecule has 0 aromatic heterocycles.